The molecule has 3 aromatic heterocycles. The molecule has 0 fully saturated rings. The van der Waals surface area contributed by atoms with Gasteiger partial charge >= 0.3 is 0 Å². The van der Waals surface area contributed by atoms with Gasteiger partial charge in [0, 0.05) is 18.8 Å². The van der Waals surface area contributed by atoms with E-state index in [9.17, 15) is 13.2 Å². The Bertz CT molecular complexity index is 1090. The van der Waals surface area contributed by atoms with E-state index in [0.717, 1.165) is 5.69 Å². The van der Waals surface area contributed by atoms with Crippen LogP contribution in [0.5, 0.6) is 0 Å². The minimum absolute atomic E-state index is 0.0448. The number of fused-ring (bicyclic) bond motifs is 1. The van der Waals surface area contributed by atoms with Gasteiger partial charge in [-0.2, -0.15) is 5.10 Å². The second kappa shape index (κ2) is 6.25. The van der Waals surface area contributed by atoms with Crippen LogP contribution in [0.2, 0.25) is 0 Å². The molecule has 3 heterocycles. The zero-order valence-electron chi connectivity index (χ0n) is 13.6. The molecule has 0 amide bonds. The van der Waals surface area contributed by atoms with Crippen molar-refractivity contribution >= 4 is 5.65 Å². The molecule has 0 aliphatic carbocycles. The number of aromatic amines is 1. The molecular formula is C17H13F3N6. The number of nitrogens with zero attached hydrogens (tertiary/aromatic N) is 5. The maximum absolute atomic E-state index is 14.0. The Morgan fingerprint density at radius 1 is 1.12 bits per heavy atom. The minimum atomic E-state index is -2.76. The lowest BCUT2D eigenvalue weighted by Crippen LogP contribution is -2.02. The number of imidazole rings is 1. The number of aryl methyl sites for hydroxylation is 1. The van der Waals surface area contributed by atoms with Gasteiger partial charge in [-0.15, -0.1) is 0 Å². The van der Waals surface area contributed by atoms with Gasteiger partial charge in [-0.05, 0) is 18.6 Å². The van der Waals surface area contributed by atoms with Crippen LogP contribution in [-0.2, 0) is 6.42 Å². The predicted molar refractivity (Wildman–Crippen MR) is 87.3 cm³/mol. The van der Waals surface area contributed by atoms with Crippen LogP contribution < -0.4 is 0 Å². The summed E-state index contributed by atoms with van der Waals surface area (Å²) in [6, 6.07) is 6.38. The summed E-state index contributed by atoms with van der Waals surface area (Å²) < 4.78 is 41.2. The number of alkyl halides is 2. The summed E-state index contributed by atoms with van der Waals surface area (Å²) in [7, 11) is 0. The van der Waals surface area contributed by atoms with Crippen molar-refractivity contribution in [2.75, 3.05) is 0 Å². The summed E-state index contributed by atoms with van der Waals surface area (Å²) in [5, 5.41) is 6.00. The van der Waals surface area contributed by atoms with Crippen LogP contribution in [0.1, 0.15) is 29.2 Å². The molecule has 0 radical (unpaired) electrons. The first-order chi connectivity index (χ1) is 12.5. The predicted octanol–water partition coefficient (Wildman–Crippen LogP) is 3.49. The molecule has 0 atom stereocenters. The van der Waals surface area contributed by atoms with Gasteiger partial charge in [0.1, 0.15) is 11.5 Å². The van der Waals surface area contributed by atoms with E-state index in [4.69, 9.17) is 0 Å². The van der Waals surface area contributed by atoms with E-state index in [-0.39, 0.29) is 18.1 Å². The lowest BCUT2D eigenvalue weighted by atomic mass is 10.1. The molecule has 1 N–H and O–H groups in total. The number of H-pyrrole nitrogens is 1. The number of hydrogen-bond donors (Lipinski definition) is 1. The Balaban J connectivity index is 1.84. The van der Waals surface area contributed by atoms with Crippen LogP contribution >= 0.6 is 0 Å². The first-order valence-electron chi connectivity index (χ1n) is 7.80. The fourth-order valence-electron chi connectivity index (χ4n) is 2.72. The Hall–Kier alpha value is -3.23. The van der Waals surface area contributed by atoms with Gasteiger partial charge < -0.3 is 4.40 Å². The molecule has 0 saturated carbocycles. The van der Waals surface area contributed by atoms with Gasteiger partial charge in [0.25, 0.3) is 6.43 Å². The molecule has 4 aromatic rings. The van der Waals surface area contributed by atoms with Gasteiger partial charge in [0.15, 0.2) is 11.5 Å². The fourth-order valence-corrected chi connectivity index (χ4v) is 2.72. The number of rotatable bonds is 4. The second-order valence-corrected chi connectivity index (χ2v) is 5.80. The normalized spacial score (nSPS) is 11.6. The molecule has 4 rings (SSSR count). The lowest BCUT2D eigenvalue weighted by molar-refractivity contribution is 0.141. The maximum Gasteiger partial charge on any atom is 0.296 e. The molecule has 1 aromatic carbocycles. The molecule has 0 aliphatic heterocycles. The van der Waals surface area contributed by atoms with E-state index < -0.39 is 12.2 Å². The summed E-state index contributed by atoms with van der Waals surface area (Å²) >= 11 is 0. The van der Waals surface area contributed by atoms with Gasteiger partial charge in [-0.25, -0.2) is 28.1 Å². The van der Waals surface area contributed by atoms with E-state index >= 15 is 0 Å². The highest BCUT2D eigenvalue weighted by atomic mass is 19.3. The quantitative estimate of drug-likeness (QED) is 0.606. The minimum Gasteiger partial charge on any atom is -0.303 e. The van der Waals surface area contributed by atoms with Crippen molar-refractivity contribution in [3.63, 3.8) is 0 Å². The monoisotopic (exact) mass is 358 g/mol. The van der Waals surface area contributed by atoms with Crippen molar-refractivity contribution in [3.05, 3.63) is 65.3 Å². The maximum atomic E-state index is 14.0. The Labute approximate surface area is 145 Å². The highest BCUT2D eigenvalue weighted by Gasteiger charge is 2.18. The summed E-state index contributed by atoms with van der Waals surface area (Å²) in [6.07, 6.45) is 0.824. The Kier molecular flexibility index (Phi) is 3.90. The third-order valence-electron chi connectivity index (χ3n) is 3.88. The molecular weight excluding hydrogens is 345 g/mol. The number of hydrogen-bond acceptors (Lipinski definition) is 4. The van der Waals surface area contributed by atoms with Crippen LogP contribution in [0.25, 0.3) is 17.2 Å². The van der Waals surface area contributed by atoms with Crippen LogP contribution in [0.3, 0.4) is 0 Å². The Morgan fingerprint density at radius 3 is 2.65 bits per heavy atom. The second-order valence-electron chi connectivity index (χ2n) is 5.80. The lowest BCUT2D eigenvalue weighted by Gasteiger charge is -2.06. The van der Waals surface area contributed by atoms with Crippen molar-refractivity contribution in [2.24, 2.45) is 0 Å². The largest absolute Gasteiger partial charge is 0.303 e. The van der Waals surface area contributed by atoms with Crippen LogP contribution in [0, 0.1) is 12.7 Å². The van der Waals surface area contributed by atoms with E-state index in [1.54, 1.807) is 35.0 Å². The summed E-state index contributed by atoms with van der Waals surface area (Å²) in [5.41, 5.74) is 2.58. The van der Waals surface area contributed by atoms with Crippen molar-refractivity contribution in [1.82, 2.24) is 29.5 Å². The molecule has 9 heteroatoms. The number of halogens is 3. The SMILES string of the molecule is Cc1cn2cc(-c3n[nH]c(C(F)F)n3)nc(Cc3ccccc3F)c2n1. The smallest absolute Gasteiger partial charge is 0.296 e. The van der Waals surface area contributed by atoms with Crippen molar-refractivity contribution < 1.29 is 13.2 Å². The zero-order chi connectivity index (χ0) is 18.3. The molecule has 0 aliphatic rings. The number of benzene rings is 1. The van der Waals surface area contributed by atoms with Crippen LogP contribution in [-0.4, -0.2) is 29.5 Å². The van der Waals surface area contributed by atoms with Gasteiger partial charge in [0.05, 0.1) is 11.4 Å². The van der Waals surface area contributed by atoms with E-state index in [1.165, 1.54) is 6.07 Å². The fraction of sp³-hybridized carbons (Fsp3) is 0.176. The summed E-state index contributed by atoms with van der Waals surface area (Å²) in [6.45, 7) is 1.82. The van der Waals surface area contributed by atoms with Gasteiger partial charge in [0.2, 0.25) is 5.82 Å². The third-order valence-corrected chi connectivity index (χ3v) is 3.88. The topological polar surface area (TPSA) is 71.8 Å². The molecule has 6 nitrogen and oxygen atoms in total. The molecule has 0 saturated heterocycles. The third kappa shape index (κ3) is 2.92. The molecule has 0 spiro atoms. The van der Waals surface area contributed by atoms with Crippen molar-refractivity contribution in [1.29, 1.82) is 0 Å². The van der Waals surface area contributed by atoms with Crippen molar-refractivity contribution in [3.8, 4) is 11.5 Å². The molecule has 26 heavy (non-hydrogen) atoms. The molecule has 132 valence electrons. The van der Waals surface area contributed by atoms with Crippen LogP contribution in [0.15, 0.2) is 36.7 Å². The number of nitrogens with one attached hydrogen (secondary N) is 1. The summed E-state index contributed by atoms with van der Waals surface area (Å²) in [4.78, 5) is 12.6. The van der Waals surface area contributed by atoms with E-state index in [1.807, 2.05) is 6.92 Å². The van der Waals surface area contributed by atoms with Crippen molar-refractivity contribution in [2.45, 2.75) is 19.8 Å². The molecule has 0 unspecified atom stereocenters. The highest BCUT2D eigenvalue weighted by molar-refractivity contribution is 5.56. The number of aromatic nitrogens is 6. The zero-order valence-corrected chi connectivity index (χ0v) is 13.6. The molecule has 0 bridgehead atoms. The van der Waals surface area contributed by atoms with Gasteiger partial charge in [-0.3, -0.25) is 5.10 Å². The average molecular weight is 358 g/mol. The first kappa shape index (κ1) is 16.2. The Morgan fingerprint density at radius 2 is 1.92 bits per heavy atom. The van der Waals surface area contributed by atoms with E-state index in [0.29, 0.717) is 22.6 Å². The first-order valence-corrected chi connectivity index (χ1v) is 7.80. The van der Waals surface area contributed by atoms with Gasteiger partial charge in [-0.1, -0.05) is 18.2 Å². The van der Waals surface area contributed by atoms with Crippen LogP contribution in [0.4, 0.5) is 13.2 Å². The average Bonchev–Trinajstić information content (AvgIpc) is 3.23. The van der Waals surface area contributed by atoms with E-state index in [2.05, 4.69) is 25.1 Å². The summed E-state index contributed by atoms with van der Waals surface area (Å²) in [5.74, 6) is -0.832. The standard InChI is InChI=1S/C17H13F3N6/c1-9-7-26-8-13(15-23-16(14(19)20)25-24-15)22-12(17(26)21-9)6-10-4-2-3-5-11(10)18/h2-5,7-8,14H,6H2,1H3,(H,23,24,25). The highest BCUT2D eigenvalue weighted by Crippen LogP contribution is 2.22.